The van der Waals surface area contributed by atoms with Crippen LogP contribution in [0.5, 0.6) is 0 Å². The highest BCUT2D eigenvalue weighted by molar-refractivity contribution is 7.89. The topological polar surface area (TPSA) is 87.6 Å². The minimum atomic E-state index is -3.71. The highest BCUT2D eigenvalue weighted by atomic mass is 35.5. The Hall–Kier alpha value is -1.18. The first kappa shape index (κ1) is 15.7. The largest absolute Gasteiger partial charge is 0.481 e. The number of carbonyl (C=O) groups is 1. The van der Waals surface area contributed by atoms with Gasteiger partial charge in [-0.1, -0.05) is 11.6 Å². The Morgan fingerprint density at radius 2 is 2.14 bits per heavy atom. The third kappa shape index (κ3) is 2.51. The predicted octanol–water partition coefficient (Wildman–Crippen LogP) is 2.14. The number of nitrogens with zero attached hydrogens (tertiary/aromatic N) is 2. The maximum Gasteiger partial charge on any atom is 0.306 e. The molecule has 0 aromatic carbocycles. The van der Waals surface area contributed by atoms with Crippen molar-refractivity contribution < 1.29 is 18.3 Å². The van der Waals surface area contributed by atoms with Crippen molar-refractivity contribution in [2.75, 3.05) is 6.54 Å². The first-order valence-electron chi connectivity index (χ1n) is 7.21. The van der Waals surface area contributed by atoms with Gasteiger partial charge in [0.15, 0.2) is 0 Å². The average molecular weight is 345 g/mol. The van der Waals surface area contributed by atoms with Crippen LogP contribution in [0, 0.1) is 5.92 Å². The van der Waals surface area contributed by atoms with E-state index in [1.165, 1.54) is 22.8 Å². The molecule has 1 saturated heterocycles. The number of aromatic nitrogens is 1. The molecule has 2 aliphatic rings. The summed E-state index contributed by atoms with van der Waals surface area (Å²) in [6.45, 7) is 0.228. The van der Waals surface area contributed by atoms with Gasteiger partial charge in [-0.15, -0.1) is 0 Å². The zero-order valence-corrected chi connectivity index (χ0v) is 13.5. The SMILES string of the molecule is O=C(O)C1CCN(S(=O)(=O)c2cncc(Cl)c2)C2(CCC2)C1. The molecule has 1 N–H and O–H groups in total. The molecule has 0 bridgehead atoms. The van der Waals surface area contributed by atoms with Gasteiger partial charge in [-0.05, 0) is 38.2 Å². The lowest BCUT2D eigenvalue weighted by atomic mass is 9.68. The summed E-state index contributed by atoms with van der Waals surface area (Å²) in [6.07, 6.45) is 5.74. The zero-order chi connectivity index (χ0) is 16.0. The Morgan fingerprint density at radius 1 is 1.41 bits per heavy atom. The predicted molar refractivity (Wildman–Crippen MR) is 80.1 cm³/mol. The van der Waals surface area contributed by atoms with E-state index < -0.39 is 27.4 Å². The number of sulfonamides is 1. The van der Waals surface area contributed by atoms with Gasteiger partial charge in [0.05, 0.1) is 10.9 Å². The van der Waals surface area contributed by atoms with E-state index in [0.29, 0.717) is 25.7 Å². The Balaban J connectivity index is 1.95. The average Bonchev–Trinajstić information content (AvgIpc) is 2.44. The minimum absolute atomic E-state index is 0.0695. The summed E-state index contributed by atoms with van der Waals surface area (Å²) < 4.78 is 27.3. The number of piperidine rings is 1. The van der Waals surface area contributed by atoms with E-state index in [2.05, 4.69) is 4.98 Å². The van der Waals surface area contributed by atoms with Gasteiger partial charge in [0.2, 0.25) is 10.0 Å². The number of hydrogen-bond acceptors (Lipinski definition) is 4. The molecule has 1 atom stereocenters. The van der Waals surface area contributed by atoms with E-state index in [1.54, 1.807) is 0 Å². The van der Waals surface area contributed by atoms with Crippen molar-refractivity contribution in [3.05, 3.63) is 23.5 Å². The van der Waals surface area contributed by atoms with Gasteiger partial charge < -0.3 is 5.11 Å². The van der Waals surface area contributed by atoms with Gasteiger partial charge in [-0.25, -0.2) is 8.42 Å². The number of rotatable bonds is 3. The third-order valence-corrected chi connectivity index (χ3v) is 6.91. The first-order chi connectivity index (χ1) is 10.3. The van der Waals surface area contributed by atoms with Crippen molar-refractivity contribution in [1.82, 2.24) is 9.29 Å². The molecule has 0 amide bonds. The second kappa shape index (κ2) is 5.47. The molecule has 1 saturated carbocycles. The molecule has 2 fully saturated rings. The van der Waals surface area contributed by atoms with Gasteiger partial charge in [0, 0.05) is 24.5 Å². The summed E-state index contributed by atoms with van der Waals surface area (Å²) in [5.74, 6) is -1.31. The highest BCUT2D eigenvalue weighted by Gasteiger charge is 2.52. The fourth-order valence-corrected chi connectivity index (χ4v) is 5.53. The summed E-state index contributed by atoms with van der Waals surface area (Å²) >= 11 is 5.85. The van der Waals surface area contributed by atoms with E-state index >= 15 is 0 Å². The summed E-state index contributed by atoms with van der Waals surface area (Å²) in [5, 5.41) is 9.50. The fourth-order valence-electron chi connectivity index (χ4n) is 3.46. The molecule has 6 nitrogen and oxygen atoms in total. The van der Waals surface area contributed by atoms with Crippen LogP contribution in [-0.4, -0.2) is 40.9 Å². The number of hydrogen-bond donors (Lipinski definition) is 1. The lowest BCUT2D eigenvalue weighted by molar-refractivity contribution is -0.146. The fraction of sp³-hybridized carbons (Fsp3) is 0.571. The van der Waals surface area contributed by atoms with Gasteiger partial charge in [-0.3, -0.25) is 9.78 Å². The van der Waals surface area contributed by atoms with Crippen molar-refractivity contribution in [1.29, 1.82) is 0 Å². The van der Waals surface area contributed by atoms with Crippen molar-refractivity contribution in [2.45, 2.75) is 42.5 Å². The number of pyridine rings is 1. The van der Waals surface area contributed by atoms with Gasteiger partial charge in [0.1, 0.15) is 4.90 Å². The van der Waals surface area contributed by atoms with Crippen LogP contribution in [0.25, 0.3) is 0 Å². The zero-order valence-electron chi connectivity index (χ0n) is 11.9. The normalized spacial score (nSPS) is 24.9. The lowest BCUT2D eigenvalue weighted by Gasteiger charge is -2.53. The molecule has 120 valence electrons. The second-order valence-corrected chi connectivity index (χ2v) is 8.32. The smallest absolute Gasteiger partial charge is 0.306 e. The molecule has 1 spiro atoms. The van der Waals surface area contributed by atoms with Crippen LogP contribution < -0.4 is 0 Å². The molecule has 1 aliphatic heterocycles. The monoisotopic (exact) mass is 344 g/mol. The molecule has 0 radical (unpaired) electrons. The van der Waals surface area contributed by atoms with Gasteiger partial charge >= 0.3 is 5.97 Å². The first-order valence-corrected chi connectivity index (χ1v) is 9.03. The number of carboxylic acid groups (broad SMARTS) is 1. The van der Waals surface area contributed by atoms with E-state index in [4.69, 9.17) is 11.6 Å². The molecule has 1 aromatic heterocycles. The molecule has 8 heteroatoms. The molecule has 1 aliphatic carbocycles. The lowest BCUT2D eigenvalue weighted by Crippen LogP contribution is -2.60. The van der Waals surface area contributed by atoms with Crippen molar-refractivity contribution in [3.8, 4) is 0 Å². The molecule has 22 heavy (non-hydrogen) atoms. The van der Waals surface area contributed by atoms with Crippen LogP contribution in [-0.2, 0) is 14.8 Å². The quantitative estimate of drug-likeness (QED) is 0.907. The second-order valence-electron chi connectivity index (χ2n) is 6.02. The van der Waals surface area contributed by atoms with Crippen LogP contribution in [0.3, 0.4) is 0 Å². The standard InChI is InChI=1S/C14H17ClN2O4S/c15-11-6-12(9-16-8-11)22(20,21)17-5-2-10(13(18)19)7-14(17)3-1-4-14/h6,8-10H,1-5,7H2,(H,18,19). The Bertz CT molecular complexity index is 703. The molecular formula is C14H17ClN2O4S. The van der Waals surface area contributed by atoms with Crippen molar-refractivity contribution in [2.24, 2.45) is 5.92 Å². The summed E-state index contributed by atoms with van der Waals surface area (Å²) in [7, 11) is -3.71. The van der Waals surface area contributed by atoms with Crippen molar-refractivity contribution in [3.63, 3.8) is 0 Å². The molecule has 3 rings (SSSR count). The number of aliphatic carboxylic acids is 1. The van der Waals surface area contributed by atoms with E-state index in [9.17, 15) is 18.3 Å². The van der Waals surface area contributed by atoms with Gasteiger partial charge in [0.25, 0.3) is 0 Å². The maximum absolute atomic E-state index is 12.9. The maximum atomic E-state index is 12.9. The Labute approximate surface area is 134 Å². The Kier molecular flexibility index (Phi) is 3.91. The Morgan fingerprint density at radius 3 is 2.68 bits per heavy atom. The van der Waals surface area contributed by atoms with E-state index in [0.717, 1.165) is 6.42 Å². The molecule has 1 aromatic rings. The van der Waals surface area contributed by atoms with E-state index in [-0.39, 0.29) is 16.5 Å². The minimum Gasteiger partial charge on any atom is -0.481 e. The molecular weight excluding hydrogens is 328 g/mol. The highest BCUT2D eigenvalue weighted by Crippen LogP contribution is 2.48. The van der Waals surface area contributed by atoms with Gasteiger partial charge in [-0.2, -0.15) is 4.31 Å². The molecule has 1 unspecified atom stereocenters. The van der Waals surface area contributed by atoms with E-state index in [1.807, 2.05) is 0 Å². The molecule has 2 heterocycles. The van der Waals surface area contributed by atoms with Crippen LogP contribution in [0.1, 0.15) is 32.1 Å². The van der Waals surface area contributed by atoms with Crippen LogP contribution >= 0.6 is 11.6 Å². The summed E-state index contributed by atoms with van der Waals surface area (Å²) in [6, 6.07) is 1.39. The van der Waals surface area contributed by atoms with Crippen molar-refractivity contribution >= 4 is 27.6 Å². The summed E-state index contributed by atoms with van der Waals surface area (Å²) in [5.41, 5.74) is -0.553. The third-order valence-electron chi connectivity index (χ3n) is 4.74. The number of halogens is 1. The van der Waals surface area contributed by atoms with Crippen LogP contribution in [0.2, 0.25) is 5.02 Å². The summed E-state index contributed by atoms with van der Waals surface area (Å²) in [4.78, 5) is 15.2. The van der Waals surface area contributed by atoms with Crippen LogP contribution in [0.4, 0.5) is 0 Å². The number of carboxylic acids is 1. The van der Waals surface area contributed by atoms with Crippen LogP contribution in [0.15, 0.2) is 23.4 Å².